The molecular weight excluding hydrogens is 314 g/mol. The summed E-state index contributed by atoms with van der Waals surface area (Å²) in [5.41, 5.74) is 1.71. The molecule has 0 bridgehead atoms. The molecule has 0 aliphatic rings. The van der Waals surface area contributed by atoms with Gasteiger partial charge in [-0.25, -0.2) is 4.98 Å². The number of hydrogen-bond donors (Lipinski definition) is 1. The van der Waals surface area contributed by atoms with Crippen molar-refractivity contribution in [2.24, 2.45) is 0 Å². The first-order chi connectivity index (χ1) is 11.1. The van der Waals surface area contributed by atoms with Gasteiger partial charge in [-0.2, -0.15) is 0 Å². The summed E-state index contributed by atoms with van der Waals surface area (Å²) >= 11 is 1.94. The molecule has 24 heavy (non-hydrogen) atoms. The molecule has 1 N–H and O–H groups in total. The van der Waals surface area contributed by atoms with Crippen molar-refractivity contribution >= 4 is 11.8 Å². The molecule has 1 heterocycles. The van der Waals surface area contributed by atoms with Crippen LogP contribution < -0.4 is 5.32 Å². The van der Waals surface area contributed by atoms with Gasteiger partial charge in [0.15, 0.2) is 0 Å². The van der Waals surface area contributed by atoms with Crippen molar-refractivity contribution < 1.29 is 0 Å². The first kappa shape index (κ1) is 19.1. The molecular formula is C20H31N3S. The smallest absolute Gasteiger partial charge is 0.0946 e. The van der Waals surface area contributed by atoms with Crippen LogP contribution in [0.25, 0.3) is 0 Å². The Morgan fingerprint density at radius 3 is 2.25 bits per heavy atom. The van der Waals surface area contributed by atoms with Crippen molar-refractivity contribution in [1.29, 1.82) is 0 Å². The maximum Gasteiger partial charge on any atom is 0.0946 e. The summed E-state index contributed by atoms with van der Waals surface area (Å²) in [6.07, 6.45) is 5.78. The number of thioether (sulfide) groups is 1. The van der Waals surface area contributed by atoms with E-state index >= 15 is 0 Å². The van der Waals surface area contributed by atoms with Crippen LogP contribution in [0.5, 0.6) is 0 Å². The Labute approximate surface area is 151 Å². The van der Waals surface area contributed by atoms with E-state index in [0.717, 1.165) is 13.1 Å². The van der Waals surface area contributed by atoms with E-state index in [1.165, 1.54) is 10.5 Å². The third-order valence-electron chi connectivity index (χ3n) is 3.86. The van der Waals surface area contributed by atoms with Crippen LogP contribution in [-0.2, 0) is 12.0 Å². The molecule has 2 aromatic rings. The molecule has 0 radical (unpaired) electrons. The quantitative estimate of drug-likeness (QED) is 0.768. The van der Waals surface area contributed by atoms with Gasteiger partial charge in [-0.1, -0.05) is 32.9 Å². The zero-order valence-electron chi connectivity index (χ0n) is 15.8. The van der Waals surface area contributed by atoms with Gasteiger partial charge in [-0.05, 0) is 43.9 Å². The van der Waals surface area contributed by atoms with Gasteiger partial charge in [0.2, 0.25) is 0 Å². The minimum atomic E-state index is 0.129. The van der Waals surface area contributed by atoms with Crippen LogP contribution in [0.3, 0.4) is 0 Å². The average molecular weight is 346 g/mol. The van der Waals surface area contributed by atoms with E-state index in [0.29, 0.717) is 5.25 Å². The minimum absolute atomic E-state index is 0.129. The van der Waals surface area contributed by atoms with Crippen molar-refractivity contribution in [2.45, 2.75) is 69.2 Å². The Morgan fingerprint density at radius 1 is 1.08 bits per heavy atom. The summed E-state index contributed by atoms with van der Waals surface area (Å²) in [7, 11) is 0. The van der Waals surface area contributed by atoms with Crippen LogP contribution in [-0.4, -0.2) is 26.9 Å². The molecule has 0 saturated carbocycles. The standard InChI is InChI=1S/C20H31N3S/c1-19(2,3)16-7-9-17(10-8-16)24-18(13-22-20(4,5)6)14-23-12-11-21-15-23/h7-12,15,18,22H,13-14H2,1-6H3. The van der Waals surface area contributed by atoms with Gasteiger partial charge in [0.05, 0.1) is 6.33 Å². The van der Waals surface area contributed by atoms with Crippen LogP contribution in [0.4, 0.5) is 0 Å². The van der Waals surface area contributed by atoms with Crippen molar-refractivity contribution in [2.75, 3.05) is 6.54 Å². The van der Waals surface area contributed by atoms with Crippen LogP contribution in [0.1, 0.15) is 47.1 Å². The number of nitrogens with one attached hydrogen (secondary N) is 1. The van der Waals surface area contributed by atoms with Gasteiger partial charge in [0.1, 0.15) is 0 Å². The van der Waals surface area contributed by atoms with Crippen molar-refractivity contribution in [3.8, 4) is 0 Å². The third-order valence-corrected chi connectivity index (χ3v) is 5.05. The Morgan fingerprint density at radius 2 is 1.75 bits per heavy atom. The molecule has 1 atom stereocenters. The summed E-state index contributed by atoms with van der Waals surface area (Å²) in [5, 5.41) is 4.09. The summed E-state index contributed by atoms with van der Waals surface area (Å²) < 4.78 is 2.16. The highest BCUT2D eigenvalue weighted by molar-refractivity contribution is 8.00. The monoisotopic (exact) mass is 345 g/mol. The molecule has 2 rings (SSSR count). The predicted molar refractivity (Wildman–Crippen MR) is 105 cm³/mol. The van der Waals surface area contributed by atoms with Crippen LogP contribution >= 0.6 is 11.8 Å². The zero-order chi connectivity index (χ0) is 17.8. The maximum atomic E-state index is 4.16. The summed E-state index contributed by atoms with van der Waals surface area (Å²) in [6, 6.07) is 9.02. The maximum absolute atomic E-state index is 4.16. The van der Waals surface area contributed by atoms with E-state index in [4.69, 9.17) is 0 Å². The minimum Gasteiger partial charge on any atom is -0.336 e. The number of rotatable bonds is 6. The summed E-state index contributed by atoms with van der Waals surface area (Å²) in [4.78, 5) is 5.49. The van der Waals surface area contributed by atoms with Crippen LogP contribution in [0.15, 0.2) is 47.9 Å². The van der Waals surface area contributed by atoms with Gasteiger partial charge in [0.25, 0.3) is 0 Å². The second kappa shape index (κ2) is 7.75. The molecule has 0 spiro atoms. The fourth-order valence-electron chi connectivity index (χ4n) is 2.42. The number of benzene rings is 1. The fourth-order valence-corrected chi connectivity index (χ4v) is 3.51. The largest absolute Gasteiger partial charge is 0.336 e. The molecule has 0 aliphatic carbocycles. The molecule has 1 unspecified atom stereocenters. The number of hydrogen-bond acceptors (Lipinski definition) is 3. The highest BCUT2D eigenvalue weighted by Gasteiger charge is 2.17. The van der Waals surface area contributed by atoms with E-state index < -0.39 is 0 Å². The molecule has 3 nitrogen and oxygen atoms in total. The first-order valence-electron chi connectivity index (χ1n) is 8.61. The molecule has 0 saturated heterocycles. The molecule has 0 aliphatic heterocycles. The first-order valence-corrected chi connectivity index (χ1v) is 9.49. The van der Waals surface area contributed by atoms with Gasteiger partial charge in [-0.3, -0.25) is 0 Å². The Balaban J connectivity index is 2.06. The number of imidazole rings is 1. The highest BCUT2D eigenvalue weighted by atomic mass is 32.2. The van der Waals surface area contributed by atoms with Gasteiger partial charge < -0.3 is 9.88 Å². The average Bonchev–Trinajstić information content (AvgIpc) is 2.96. The highest BCUT2D eigenvalue weighted by Crippen LogP contribution is 2.28. The van der Waals surface area contributed by atoms with Crippen molar-refractivity contribution in [3.05, 3.63) is 48.5 Å². The van der Waals surface area contributed by atoms with Crippen LogP contribution in [0, 0.1) is 0 Å². The number of nitrogens with zero attached hydrogens (tertiary/aromatic N) is 2. The van der Waals surface area contributed by atoms with E-state index in [1.54, 1.807) is 0 Å². The second-order valence-electron chi connectivity index (χ2n) is 8.40. The molecule has 1 aromatic carbocycles. The topological polar surface area (TPSA) is 29.9 Å². The lowest BCUT2D eigenvalue weighted by Crippen LogP contribution is -2.41. The molecule has 1 aromatic heterocycles. The van der Waals surface area contributed by atoms with E-state index in [-0.39, 0.29) is 11.0 Å². The van der Waals surface area contributed by atoms with Gasteiger partial charge >= 0.3 is 0 Å². The summed E-state index contributed by atoms with van der Waals surface area (Å²) in [6.45, 7) is 15.3. The van der Waals surface area contributed by atoms with E-state index in [1.807, 2.05) is 30.5 Å². The predicted octanol–water partition coefficient (Wildman–Crippen LogP) is 4.73. The normalized spacial score (nSPS) is 13.9. The fraction of sp³-hybridized carbons (Fsp3) is 0.550. The van der Waals surface area contributed by atoms with Crippen molar-refractivity contribution in [1.82, 2.24) is 14.9 Å². The SMILES string of the molecule is CC(C)(C)NCC(Cn1ccnc1)Sc1ccc(C(C)(C)C)cc1. The van der Waals surface area contributed by atoms with E-state index in [2.05, 4.69) is 80.7 Å². The second-order valence-corrected chi connectivity index (χ2v) is 9.78. The number of aromatic nitrogens is 2. The van der Waals surface area contributed by atoms with Gasteiger partial charge in [-0.15, -0.1) is 11.8 Å². The lowest BCUT2D eigenvalue weighted by atomic mass is 9.87. The van der Waals surface area contributed by atoms with Gasteiger partial charge in [0, 0.05) is 41.2 Å². The third kappa shape index (κ3) is 6.33. The van der Waals surface area contributed by atoms with E-state index in [9.17, 15) is 0 Å². The Kier molecular flexibility index (Phi) is 6.16. The molecule has 4 heteroatoms. The Hall–Kier alpha value is -1.26. The van der Waals surface area contributed by atoms with Crippen LogP contribution in [0.2, 0.25) is 0 Å². The molecule has 132 valence electrons. The molecule has 0 fully saturated rings. The lowest BCUT2D eigenvalue weighted by molar-refractivity contribution is 0.417. The van der Waals surface area contributed by atoms with Crippen molar-refractivity contribution in [3.63, 3.8) is 0 Å². The zero-order valence-corrected chi connectivity index (χ0v) is 16.7. The molecule has 0 amide bonds. The lowest BCUT2D eigenvalue weighted by Gasteiger charge is -2.25. The Bertz CT molecular complexity index is 604. The summed E-state index contributed by atoms with van der Waals surface area (Å²) in [5.74, 6) is 0.